The van der Waals surface area contributed by atoms with E-state index in [1.54, 1.807) is 49.4 Å². The molecule has 0 aliphatic heterocycles. The maximum absolute atomic E-state index is 2.16. The molecule has 0 atom stereocenters. The number of rotatable bonds is 0. The Hall–Kier alpha value is 0.986. The average Bonchev–Trinajstić information content (AvgIpc) is 1.77. The van der Waals surface area contributed by atoms with Gasteiger partial charge in [-0.1, -0.05) is 0 Å². The first-order valence-corrected chi connectivity index (χ1v) is 5.14. The minimum absolute atomic E-state index is 1.39. The summed E-state index contributed by atoms with van der Waals surface area (Å²) in [7, 11) is 0. The van der Waals surface area contributed by atoms with E-state index in [4.69, 9.17) is 0 Å². The third kappa shape index (κ3) is 2.07. The van der Waals surface area contributed by atoms with Crippen LogP contribution in [0.3, 0.4) is 0 Å². The molecular weight excluding hydrogens is 492 g/mol. The van der Waals surface area contributed by atoms with Gasteiger partial charge in [0.25, 0.3) is 0 Å². The van der Waals surface area contributed by atoms with E-state index in [1.165, 1.54) is 6.54 Å². The van der Waals surface area contributed by atoms with Gasteiger partial charge in [-0.3, -0.25) is 0 Å². The molecule has 0 spiro atoms. The first-order chi connectivity index (χ1) is 3.79. The van der Waals surface area contributed by atoms with Crippen LogP contribution in [0.2, 0.25) is 0 Å². The van der Waals surface area contributed by atoms with Crippen molar-refractivity contribution in [2.45, 2.75) is 0 Å². The van der Waals surface area contributed by atoms with Crippen LogP contribution in [-0.4, -0.2) is 0 Å². The first kappa shape index (κ1) is 7.10. The van der Waals surface area contributed by atoms with Gasteiger partial charge in [0, 0.05) is 0 Å². The molecule has 0 aliphatic carbocycles. The van der Waals surface area contributed by atoms with Crippen molar-refractivity contribution < 1.29 is 49.4 Å². The van der Waals surface area contributed by atoms with Gasteiger partial charge in [-0.05, 0) is 0 Å². The third-order valence-corrected chi connectivity index (χ3v) is 2.76. The van der Waals surface area contributed by atoms with E-state index in [1.807, 2.05) is 0 Å². The molecule has 0 fully saturated rings. The van der Waals surface area contributed by atoms with Crippen LogP contribution in [0.15, 0.2) is 24.3 Å². The van der Waals surface area contributed by atoms with Gasteiger partial charge >= 0.3 is 80.2 Å². The van der Waals surface area contributed by atoms with Crippen LogP contribution in [-0.2, 0) is 0 Å². The summed E-state index contributed by atoms with van der Waals surface area (Å²) in [4.78, 5) is 0. The van der Waals surface area contributed by atoms with Crippen LogP contribution in [0.25, 0.3) is 0 Å². The summed E-state index contributed by atoms with van der Waals surface area (Å²) in [5, 5.41) is 0. The van der Waals surface area contributed by atoms with Crippen LogP contribution in [0.4, 0.5) is 0 Å². The molecule has 8 heavy (non-hydrogen) atoms. The molecule has 0 bridgehead atoms. The second-order valence-corrected chi connectivity index (χ2v) is 4.83. The summed E-state index contributed by atoms with van der Waals surface area (Å²) >= 11 is 3.47. The van der Waals surface area contributed by atoms with Crippen molar-refractivity contribution in [3.8, 4) is 0 Å². The standard InChI is InChI=1S/C6H4At2/c7-5-1-2-6(8)4-3-5/h1-4H. The van der Waals surface area contributed by atoms with Crippen molar-refractivity contribution in [3.05, 3.63) is 24.3 Å². The van der Waals surface area contributed by atoms with E-state index in [2.05, 4.69) is 24.3 Å². The SMILES string of the molecule is [At]c1ccc([At])cc1. The number of hydrogen-bond donors (Lipinski definition) is 0. The molecule has 0 aliphatic rings. The Morgan fingerprint density at radius 1 is 0.750 bits per heavy atom. The van der Waals surface area contributed by atoms with Gasteiger partial charge in [-0.25, -0.2) is 0 Å². The zero-order valence-corrected chi connectivity index (χ0v) is 9.94. The zero-order valence-electron chi connectivity index (χ0n) is 4.07. The molecule has 0 amide bonds. The fraction of sp³-hybridized carbons (Fsp3) is 0. The number of hydrogen-bond acceptors (Lipinski definition) is 0. The van der Waals surface area contributed by atoms with E-state index < -0.39 is 0 Å². The fourth-order valence-corrected chi connectivity index (χ4v) is 1.41. The Kier molecular flexibility index (Phi) is 2.87. The van der Waals surface area contributed by atoms with Crippen LogP contribution in [0.5, 0.6) is 0 Å². The van der Waals surface area contributed by atoms with E-state index in [9.17, 15) is 0 Å². The molecule has 42 valence electrons. The second kappa shape index (κ2) is 3.23. The maximum atomic E-state index is 2.16. The van der Waals surface area contributed by atoms with Crippen molar-refractivity contribution in [2.75, 3.05) is 0 Å². The third-order valence-electron chi connectivity index (χ3n) is 0.804. The van der Waals surface area contributed by atoms with Crippen molar-refractivity contribution in [1.82, 2.24) is 0 Å². The van der Waals surface area contributed by atoms with Gasteiger partial charge in [0.2, 0.25) is 0 Å². The quantitative estimate of drug-likeness (QED) is 0.477. The summed E-state index contributed by atoms with van der Waals surface area (Å²) in [6.45, 7) is 0. The van der Waals surface area contributed by atoms with Gasteiger partial charge in [-0.2, -0.15) is 0 Å². The van der Waals surface area contributed by atoms with Crippen LogP contribution in [0.1, 0.15) is 0 Å². The van der Waals surface area contributed by atoms with E-state index in [0.717, 1.165) is 0 Å². The average molecular weight is 496 g/mol. The van der Waals surface area contributed by atoms with Crippen molar-refractivity contribution in [1.29, 1.82) is 0 Å². The molecule has 0 nitrogen and oxygen atoms in total. The molecular formula is C6H4At2. The van der Waals surface area contributed by atoms with Gasteiger partial charge in [0.15, 0.2) is 0 Å². The Balaban J connectivity index is 3.03. The van der Waals surface area contributed by atoms with Gasteiger partial charge < -0.3 is 0 Å². The molecule has 0 unspecified atom stereocenters. The van der Waals surface area contributed by atoms with Gasteiger partial charge in [-0.15, -0.1) is 0 Å². The molecule has 0 aromatic heterocycles. The molecule has 0 saturated carbocycles. The molecule has 0 radical (unpaired) electrons. The molecule has 1 aromatic carbocycles. The molecule has 2 heteroatoms. The van der Waals surface area contributed by atoms with E-state index in [-0.39, 0.29) is 0 Å². The summed E-state index contributed by atoms with van der Waals surface area (Å²) in [5.41, 5.74) is 0. The zero-order chi connectivity index (χ0) is 5.98. The second-order valence-electron chi connectivity index (χ2n) is 1.44. The van der Waals surface area contributed by atoms with Crippen LogP contribution < -0.4 is 6.54 Å². The van der Waals surface area contributed by atoms with Crippen LogP contribution in [0, 0.1) is 49.4 Å². The Morgan fingerprint density at radius 2 is 1.00 bits per heavy atom. The topological polar surface area (TPSA) is 0 Å². The van der Waals surface area contributed by atoms with E-state index >= 15 is 0 Å². The molecule has 1 rings (SSSR count). The fourth-order valence-electron chi connectivity index (χ4n) is 0.430. The van der Waals surface area contributed by atoms with Crippen molar-refractivity contribution in [3.63, 3.8) is 0 Å². The summed E-state index contributed by atoms with van der Waals surface area (Å²) in [6.07, 6.45) is 0. The molecule has 0 heterocycles. The summed E-state index contributed by atoms with van der Waals surface area (Å²) < 4.78 is 2.79. The Labute approximate surface area is 79.4 Å². The predicted molar refractivity (Wildman–Crippen MR) is 25.7 cm³/mol. The van der Waals surface area contributed by atoms with Crippen molar-refractivity contribution in [2.24, 2.45) is 0 Å². The van der Waals surface area contributed by atoms with Gasteiger partial charge in [0.1, 0.15) is 0 Å². The monoisotopic (exact) mass is 496 g/mol. The minimum atomic E-state index is 1.39. The van der Waals surface area contributed by atoms with Crippen molar-refractivity contribution >= 4 is 6.54 Å². The predicted octanol–water partition coefficient (Wildman–Crippen LogP) is 0.0358. The first-order valence-electron chi connectivity index (χ1n) is 2.20. The Bertz CT molecular complexity index is 145. The number of benzene rings is 1. The molecule has 0 N–H and O–H groups in total. The molecule has 1 aromatic rings. The normalized spacial score (nSPS) is 9.25. The summed E-state index contributed by atoms with van der Waals surface area (Å²) in [5.74, 6) is 0. The van der Waals surface area contributed by atoms with E-state index in [0.29, 0.717) is 0 Å². The summed E-state index contributed by atoms with van der Waals surface area (Å²) in [6, 6.07) is 8.64. The van der Waals surface area contributed by atoms with Crippen LogP contribution >= 0.6 is 0 Å². The van der Waals surface area contributed by atoms with Gasteiger partial charge in [0.05, 0.1) is 0 Å². The molecule has 0 saturated heterocycles. The Morgan fingerprint density at radius 3 is 1.25 bits per heavy atom.